The zero-order valence-corrected chi connectivity index (χ0v) is 15.3. The van der Waals surface area contributed by atoms with Crippen molar-refractivity contribution in [3.05, 3.63) is 33.4 Å². The molecule has 3 heteroatoms. The zero-order valence-electron chi connectivity index (χ0n) is 13.2. The van der Waals surface area contributed by atoms with Crippen molar-refractivity contribution in [2.24, 2.45) is 16.7 Å². The molecule has 0 saturated heterocycles. The van der Waals surface area contributed by atoms with Crippen LogP contribution in [0.4, 0.5) is 0 Å². The van der Waals surface area contributed by atoms with E-state index < -0.39 is 11.4 Å². The third kappa shape index (κ3) is 3.99. The summed E-state index contributed by atoms with van der Waals surface area (Å²) in [7, 11) is 0. The fourth-order valence-electron chi connectivity index (χ4n) is 3.50. The average molecular weight is 400 g/mol. The summed E-state index contributed by atoms with van der Waals surface area (Å²) < 4.78 is 1.19. The Bertz CT molecular complexity index is 491. The van der Waals surface area contributed by atoms with Gasteiger partial charge >= 0.3 is 5.97 Å². The molecule has 0 aliphatic heterocycles. The molecule has 0 heterocycles. The first-order valence-electron chi connectivity index (χ1n) is 7.71. The summed E-state index contributed by atoms with van der Waals surface area (Å²) in [4.78, 5) is 11.9. The molecular formula is C18H25IO2. The molecule has 1 saturated carbocycles. The molecule has 2 rings (SSSR count). The van der Waals surface area contributed by atoms with Crippen LogP contribution >= 0.6 is 22.6 Å². The number of hydrogen-bond donors (Lipinski definition) is 1. The smallest absolute Gasteiger partial charge is 0.309 e. The molecule has 1 aliphatic carbocycles. The summed E-state index contributed by atoms with van der Waals surface area (Å²) in [5, 5.41) is 9.79. The minimum absolute atomic E-state index is 0.285. The van der Waals surface area contributed by atoms with Gasteiger partial charge in [-0.1, -0.05) is 32.9 Å². The normalized spacial score (nSPS) is 26.6. The zero-order chi connectivity index (χ0) is 15.7. The summed E-state index contributed by atoms with van der Waals surface area (Å²) in [5.74, 6) is 0.0232. The highest BCUT2D eigenvalue weighted by molar-refractivity contribution is 14.1. The largest absolute Gasteiger partial charge is 0.481 e. The topological polar surface area (TPSA) is 37.3 Å². The molecule has 0 bridgehead atoms. The molecule has 21 heavy (non-hydrogen) atoms. The molecule has 1 N–H and O–H groups in total. The minimum Gasteiger partial charge on any atom is -0.481 e. The Labute approximate surface area is 141 Å². The quantitative estimate of drug-likeness (QED) is 0.714. The average Bonchev–Trinajstić information content (AvgIpc) is 2.41. The van der Waals surface area contributed by atoms with E-state index in [4.69, 9.17) is 0 Å². The number of hydrogen-bond acceptors (Lipinski definition) is 1. The molecule has 1 fully saturated rings. The third-order valence-electron chi connectivity index (χ3n) is 5.08. The Balaban J connectivity index is 2.13. The van der Waals surface area contributed by atoms with Gasteiger partial charge in [0.2, 0.25) is 0 Å². The maximum atomic E-state index is 11.9. The van der Waals surface area contributed by atoms with E-state index in [2.05, 4.69) is 67.6 Å². The Morgan fingerprint density at radius 3 is 2.19 bits per heavy atom. The first-order valence-corrected chi connectivity index (χ1v) is 8.79. The van der Waals surface area contributed by atoms with Crippen LogP contribution in [0.2, 0.25) is 0 Å². The van der Waals surface area contributed by atoms with Gasteiger partial charge in [-0.05, 0) is 83.7 Å². The first-order chi connectivity index (χ1) is 9.73. The predicted octanol–water partition coefficient (Wildman–Crippen LogP) is 5.14. The lowest BCUT2D eigenvalue weighted by Gasteiger charge is -2.42. The van der Waals surface area contributed by atoms with Crippen LogP contribution < -0.4 is 0 Å². The van der Waals surface area contributed by atoms with E-state index in [1.165, 1.54) is 3.57 Å². The van der Waals surface area contributed by atoms with Gasteiger partial charge in [-0.3, -0.25) is 4.79 Å². The second-order valence-electron chi connectivity index (χ2n) is 7.53. The summed E-state index contributed by atoms with van der Waals surface area (Å²) in [6.07, 6.45) is 4.32. The Morgan fingerprint density at radius 2 is 1.76 bits per heavy atom. The maximum Gasteiger partial charge on any atom is 0.309 e. The fraction of sp³-hybridized carbons (Fsp3) is 0.611. The lowest BCUT2D eigenvalue weighted by Crippen LogP contribution is -2.39. The van der Waals surface area contributed by atoms with Gasteiger partial charge in [0.05, 0.1) is 5.41 Å². The lowest BCUT2D eigenvalue weighted by molar-refractivity contribution is -0.152. The van der Waals surface area contributed by atoms with Crippen LogP contribution in [0, 0.1) is 20.3 Å². The van der Waals surface area contributed by atoms with Crippen molar-refractivity contribution in [2.75, 3.05) is 0 Å². The number of rotatable bonds is 3. The number of carbonyl (C=O) groups is 1. The van der Waals surface area contributed by atoms with E-state index in [1.54, 1.807) is 0 Å². The number of carboxylic acids is 1. The second kappa shape index (κ2) is 6.27. The van der Waals surface area contributed by atoms with Crippen molar-refractivity contribution in [2.45, 2.75) is 52.9 Å². The van der Waals surface area contributed by atoms with E-state index in [-0.39, 0.29) is 5.41 Å². The van der Waals surface area contributed by atoms with E-state index in [0.29, 0.717) is 12.3 Å². The van der Waals surface area contributed by atoms with E-state index >= 15 is 0 Å². The fourth-order valence-corrected chi connectivity index (χ4v) is 3.86. The highest BCUT2D eigenvalue weighted by Gasteiger charge is 2.43. The SMILES string of the molecule is CC(C)(C)C1CCC(Cc2ccc(I)cc2)(C(=O)O)CC1. The lowest BCUT2D eigenvalue weighted by atomic mass is 9.62. The van der Waals surface area contributed by atoms with Gasteiger partial charge in [0.15, 0.2) is 0 Å². The van der Waals surface area contributed by atoms with Crippen molar-refractivity contribution < 1.29 is 9.90 Å². The summed E-state index contributed by atoms with van der Waals surface area (Å²) in [6, 6.07) is 8.27. The molecule has 1 aromatic carbocycles. The summed E-state index contributed by atoms with van der Waals surface area (Å²) in [5.41, 5.74) is 0.870. The van der Waals surface area contributed by atoms with Crippen molar-refractivity contribution >= 4 is 28.6 Å². The van der Waals surface area contributed by atoms with Gasteiger partial charge in [-0.25, -0.2) is 0 Å². The minimum atomic E-state index is -0.617. The van der Waals surface area contributed by atoms with Gasteiger partial charge in [-0.15, -0.1) is 0 Å². The van der Waals surface area contributed by atoms with E-state index in [1.807, 2.05) is 0 Å². The molecule has 0 aromatic heterocycles. The number of benzene rings is 1. The van der Waals surface area contributed by atoms with E-state index in [0.717, 1.165) is 31.2 Å². The van der Waals surface area contributed by atoms with Crippen molar-refractivity contribution in [3.63, 3.8) is 0 Å². The van der Waals surface area contributed by atoms with Gasteiger partial charge in [0, 0.05) is 3.57 Å². The number of halogens is 1. The third-order valence-corrected chi connectivity index (χ3v) is 5.80. The molecule has 1 aliphatic rings. The van der Waals surface area contributed by atoms with Crippen LogP contribution in [0.1, 0.15) is 52.0 Å². The summed E-state index contributed by atoms with van der Waals surface area (Å²) in [6.45, 7) is 6.81. The van der Waals surface area contributed by atoms with Gasteiger partial charge in [0.25, 0.3) is 0 Å². The molecule has 0 atom stereocenters. The molecule has 0 amide bonds. The molecule has 2 nitrogen and oxygen atoms in total. The van der Waals surface area contributed by atoms with Crippen LogP contribution in [-0.4, -0.2) is 11.1 Å². The van der Waals surface area contributed by atoms with Crippen LogP contribution in [0.15, 0.2) is 24.3 Å². The molecule has 1 aromatic rings. The standard InChI is InChI=1S/C18H25IO2/c1-17(2,3)14-8-10-18(11-9-14,16(20)21)12-13-4-6-15(19)7-5-13/h4-7,14H,8-12H2,1-3H3,(H,20,21). The molecule has 0 unspecified atom stereocenters. The summed E-state index contributed by atoms with van der Waals surface area (Å²) >= 11 is 2.28. The molecule has 0 spiro atoms. The van der Waals surface area contributed by atoms with E-state index in [9.17, 15) is 9.90 Å². The predicted molar refractivity (Wildman–Crippen MR) is 94.3 cm³/mol. The van der Waals surface area contributed by atoms with Crippen LogP contribution in [-0.2, 0) is 11.2 Å². The molecule has 116 valence electrons. The van der Waals surface area contributed by atoms with Gasteiger partial charge in [0.1, 0.15) is 0 Å². The molecule has 0 radical (unpaired) electrons. The highest BCUT2D eigenvalue weighted by Crippen LogP contribution is 2.47. The van der Waals surface area contributed by atoms with Crippen molar-refractivity contribution in [1.82, 2.24) is 0 Å². The van der Waals surface area contributed by atoms with Gasteiger partial charge in [-0.2, -0.15) is 0 Å². The monoisotopic (exact) mass is 400 g/mol. The van der Waals surface area contributed by atoms with Crippen LogP contribution in [0.25, 0.3) is 0 Å². The molecular weight excluding hydrogens is 375 g/mol. The second-order valence-corrected chi connectivity index (χ2v) is 8.77. The number of carboxylic acid groups (broad SMARTS) is 1. The Kier molecular flexibility index (Phi) is 5.01. The van der Waals surface area contributed by atoms with Crippen molar-refractivity contribution in [1.29, 1.82) is 0 Å². The maximum absolute atomic E-state index is 11.9. The van der Waals surface area contributed by atoms with Crippen LogP contribution in [0.3, 0.4) is 0 Å². The van der Waals surface area contributed by atoms with Crippen molar-refractivity contribution in [3.8, 4) is 0 Å². The van der Waals surface area contributed by atoms with Gasteiger partial charge < -0.3 is 5.11 Å². The highest BCUT2D eigenvalue weighted by atomic mass is 127. The first kappa shape index (κ1) is 16.8. The van der Waals surface area contributed by atoms with Crippen LogP contribution in [0.5, 0.6) is 0 Å². The number of aliphatic carboxylic acids is 1. The Hall–Kier alpha value is -0.580. The Morgan fingerprint density at radius 1 is 1.24 bits per heavy atom.